The Hall–Kier alpha value is -4.16. The van der Waals surface area contributed by atoms with Gasteiger partial charge in [-0.2, -0.15) is 13.2 Å². The van der Waals surface area contributed by atoms with Crippen LogP contribution in [-0.4, -0.2) is 60.1 Å². The minimum atomic E-state index is -4.59. The molecule has 1 saturated carbocycles. The van der Waals surface area contributed by atoms with Gasteiger partial charge in [-0.15, -0.1) is 0 Å². The quantitative estimate of drug-likeness (QED) is 0.449. The molecule has 12 heteroatoms. The fourth-order valence-electron chi connectivity index (χ4n) is 5.91. The summed E-state index contributed by atoms with van der Waals surface area (Å²) in [5.74, 6) is 1.51. The van der Waals surface area contributed by atoms with Gasteiger partial charge in [-0.3, -0.25) is 14.5 Å². The SMILES string of the molecule is O=C1CCc2c(Oc3ccc4c(c3)[C@H]3[C@@H](NC(=O)c5ccc(CN6CCOCC6)c(C(F)(F)F)c5)[C@H]3O4)ccnc2N1. The van der Waals surface area contributed by atoms with Gasteiger partial charge in [-0.05, 0) is 48.4 Å². The molecule has 9 nitrogen and oxygen atoms in total. The highest BCUT2D eigenvalue weighted by Gasteiger charge is 2.59. The normalized spacial score (nSPS) is 22.7. The van der Waals surface area contributed by atoms with Crippen LogP contribution in [0.2, 0.25) is 0 Å². The lowest BCUT2D eigenvalue weighted by molar-refractivity contribution is -0.138. The number of nitrogens with one attached hydrogen (secondary N) is 2. The van der Waals surface area contributed by atoms with E-state index in [9.17, 15) is 22.8 Å². The highest BCUT2D eigenvalue weighted by molar-refractivity contribution is 5.95. The van der Waals surface area contributed by atoms with Gasteiger partial charge in [0.2, 0.25) is 5.91 Å². The van der Waals surface area contributed by atoms with Crippen LogP contribution in [0, 0.1) is 0 Å². The number of morpholine rings is 1. The van der Waals surface area contributed by atoms with Crippen LogP contribution in [0.3, 0.4) is 0 Å². The molecule has 2 fully saturated rings. The van der Waals surface area contributed by atoms with Crippen LogP contribution in [-0.2, 0) is 28.7 Å². The number of fused-ring (bicyclic) bond motifs is 4. The third kappa shape index (κ3) is 5.05. The molecule has 0 radical (unpaired) electrons. The average molecular weight is 581 g/mol. The Morgan fingerprint density at radius 1 is 1.12 bits per heavy atom. The van der Waals surface area contributed by atoms with Crippen LogP contribution in [0.1, 0.15) is 45.0 Å². The van der Waals surface area contributed by atoms with Gasteiger partial charge >= 0.3 is 6.18 Å². The van der Waals surface area contributed by atoms with E-state index in [-0.39, 0.29) is 41.6 Å². The number of rotatable bonds is 6. The van der Waals surface area contributed by atoms with Gasteiger partial charge in [0.1, 0.15) is 29.2 Å². The Labute approximate surface area is 239 Å². The zero-order chi connectivity index (χ0) is 29.0. The first-order valence-corrected chi connectivity index (χ1v) is 13.8. The molecular formula is C30H27F3N4O5. The fraction of sp³-hybridized carbons (Fsp3) is 0.367. The number of nitrogens with zero attached hydrogens (tertiary/aromatic N) is 2. The van der Waals surface area contributed by atoms with E-state index in [1.54, 1.807) is 24.4 Å². The summed E-state index contributed by atoms with van der Waals surface area (Å²) >= 11 is 0. The molecule has 1 aromatic heterocycles. The Morgan fingerprint density at radius 3 is 2.76 bits per heavy atom. The van der Waals surface area contributed by atoms with Crippen molar-refractivity contribution in [2.75, 3.05) is 31.6 Å². The van der Waals surface area contributed by atoms with Crippen LogP contribution >= 0.6 is 0 Å². The first kappa shape index (κ1) is 26.7. The number of alkyl halides is 3. The summed E-state index contributed by atoms with van der Waals surface area (Å²) in [5.41, 5.74) is 0.948. The second-order valence-electron chi connectivity index (χ2n) is 10.9. The molecule has 42 heavy (non-hydrogen) atoms. The predicted octanol–water partition coefficient (Wildman–Crippen LogP) is 4.27. The van der Waals surface area contributed by atoms with Crippen LogP contribution in [0.25, 0.3) is 0 Å². The van der Waals surface area contributed by atoms with E-state index in [4.69, 9.17) is 14.2 Å². The van der Waals surface area contributed by atoms with E-state index in [1.807, 2.05) is 11.0 Å². The molecule has 218 valence electrons. The van der Waals surface area contributed by atoms with Crippen molar-refractivity contribution in [2.24, 2.45) is 0 Å². The van der Waals surface area contributed by atoms with E-state index in [1.165, 1.54) is 12.1 Å². The van der Waals surface area contributed by atoms with Crippen molar-refractivity contribution in [1.82, 2.24) is 15.2 Å². The van der Waals surface area contributed by atoms with Crippen molar-refractivity contribution in [2.45, 2.75) is 43.6 Å². The Bertz CT molecular complexity index is 1570. The van der Waals surface area contributed by atoms with Crippen molar-refractivity contribution in [3.8, 4) is 17.2 Å². The Morgan fingerprint density at radius 2 is 1.95 bits per heavy atom. The second-order valence-corrected chi connectivity index (χ2v) is 10.9. The number of aromatic nitrogens is 1. The Balaban J connectivity index is 1.05. The molecule has 7 rings (SSSR count). The molecule has 0 unspecified atom stereocenters. The lowest BCUT2D eigenvalue weighted by Gasteiger charge is -2.27. The zero-order valence-corrected chi connectivity index (χ0v) is 22.4. The summed E-state index contributed by atoms with van der Waals surface area (Å²) in [5, 5.41) is 5.61. The minimum absolute atomic E-state index is 0.0510. The highest BCUT2D eigenvalue weighted by Crippen LogP contribution is 2.54. The molecule has 2 N–H and O–H groups in total. The molecule has 0 bridgehead atoms. The number of halogens is 3. The first-order chi connectivity index (χ1) is 20.2. The van der Waals surface area contributed by atoms with E-state index in [0.717, 1.165) is 17.2 Å². The standard InChI is InChI=1S/C30H27F3N4O5/c31-30(32,33)21-13-16(1-2-17(21)15-37-9-11-40-12-10-37)29(39)36-26-25-20-14-18(3-5-22(20)42-27(25)26)41-23-7-8-34-28-19(23)4-6-24(38)35-28/h1-3,5,7-8,13-14,25-27H,4,6,9-12,15H2,(H,36,39)(H,34,35,38)/t25-,26+,27-/m0/s1. The molecule has 1 saturated heterocycles. The third-order valence-electron chi connectivity index (χ3n) is 8.13. The van der Waals surface area contributed by atoms with Crippen molar-refractivity contribution in [1.29, 1.82) is 0 Å². The molecular weight excluding hydrogens is 553 g/mol. The van der Waals surface area contributed by atoms with Crippen molar-refractivity contribution in [3.05, 3.63) is 76.5 Å². The van der Waals surface area contributed by atoms with Gasteiger partial charge in [-0.25, -0.2) is 4.98 Å². The summed E-state index contributed by atoms with van der Waals surface area (Å²) in [6, 6.07) is 10.6. The molecule has 4 heterocycles. The largest absolute Gasteiger partial charge is 0.487 e. The first-order valence-electron chi connectivity index (χ1n) is 13.8. The van der Waals surface area contributed by atoms with Crippen LogP contribution in [0.4, 0.5) is 19.0 Å². The van der Waals surface area contributed by atoms with E-state index < -0.39 is 17.6 Å². The van der Waals surface area contributed by atoms with Gasteiger partial charge < -0.3 is 24.8 Å². The molecule has 1 aliphatic carbocycles. The second kappa shape index (κ2) is 10.3. The van der Waals surface area contributed by atoms with E-state index in [2.05, 4.69) is 15.6 Å². The van der Waals surface area contributed by atoms with Crippen LogP contribution in [0.5, 0.6) is 17.2 Å². The molecule has 3 aliphatic heterocycles. The van der Waals surface area contributed by atoms with Gasteiger partial charge in [0.15, 0.2) is 0 Å². The monoisotopic (exact) mass is 580 g/mol. The number of carbonyl (C=O) groups excluding carboxylic acids is 2. The van der Waals surface area contributed by atoms with E-state index in [0.29, 0.717) is 62.2 Å². The number of hydrogen-bond donors (Lipinski definition) is 2. The summed E-state index contributed by atoms with van der Waals surface area (Å²) < 4.78 is 59.3. The van der Waals surface area contributed by atoms with Crippen molar-refractivity contribution >= 4 is 17.6 Å². The van der Waals surface area contributed by atoms with Crippen LogP contribution in [0.15, 0.2) is 48.7 Å². The number of hydrogen-bond acceptors (Lipinski definition) is 7. The van der Waals surface area contributed by atoms with Crippen molar-refractivity contribution < 1.29 is 37.0 Å². The zero-order valence-electron chi connectivity index (χ0n) is 22.4. The maximum absolute atomic E-state index is 13.9. The smallest absolute Gasteiger partial charge is 0.416 e. The number of pyridine rings is 1. The number of carbonyl (C=O) groups is 2. The molecule has 4 aliphatic rings. The number of anilines is 1. The molecule has 3 aromatic rings. The highest BCUT2D eigenvalue weighted by atomic mass is 19.4. The average Bonchev–Trinajstić information content (AvgIpc) is 3.49. The fourth-order valence-corrected chi connectivity index (χ4v) is 5.91. The number of benzene rings is 2. The minimum Gasteiger partial charge on any atom is -0.487 e. The molecule has 3 atom stereocenters. The summed E-state index contributed by atoms with van der Waals surface area (Å²) in [7, 11) is 0. The maximum Gasteiger partial charge on any atom is 0.416 e. The van der Waals surface area contributed by atoms with Gasteiger partial charge in [0.25, 0.3) is 5.91 Å². The van der Waals surface area contributed by atoms with Gasteiger partial charge in [0.05, 0.1) is 30.7 Å². The van der Waals surface area contributed by atoms with E-state index >= 15 is 0 Å². The maximum atomic E-state index is 13.9. The number of ether oxygens (including phenoxy) is 3. The lowest BCUT2D eigenvalue weighted by atomic mass is 10.0. The number of amides is 2. The van der Waals surface area contributed by atoms with Crippen molar-refractivity contribution in [3.63, 3.8) is 0 Å². The third-order valence-corrected chi connectivity index (χ3v) is 8.13. The predicted molar refractivity (Wildman–Crippen MR) is 144 cm³/mol. The van der Waals surface area contributed by atoms with Gasteiger partial charge in [0, 0.05) is 48.9 Å². The summed E-state index contributed by atoms with van der Waals surface area (Å²) in [6.45, 7) is 2.21. The molecule has 0 spiro atoms. The van der Waals surface area contributed by atoms with Gasteiger partial charge in [-0.1, -0.05) is 6.07 Å². The molecule has 2 amide bonds. The molecule has 2 aromatic carbocycles. The lowest BCUT2D eigenvalue weighted by Crippen LogP contribution is -2.36. The van der Waals surface area contributed by atoms with Crippen LogP contribution < -0.4 is 20.1 Å². The topological polar surface area (TPSA) is 102 Å². The Kier molecular flexibility index (Phi) is 6.54. The summed E-state index contributed by atoms with van der Waals surface area (Å²) in [4.78, 5) is 30.9. The summed E-state index contributed by atoms with van der Waals surface area (Å²) in [6.07, 6.45) is -2.46.